The number of fused-ring (bicyclic) bond motifs is 1. The van der Waals surface area contributed by atoms with Gasteiger partial charge in [-0.1, -0.05) is 37.1 Å². The topological polar surface area (TPSA) is 22.0 Å². The van der Waals surface area contributed by atoms with Gasteiger partial charge >= 0.3 is 0 Å². The Balaban J connectivity index is 2.71. The lowest BCUT2D eigenvalue weighted by atomic mass is 10.2. The molecule has 0 fully saturated rings. The van der Waals surface area contributed by atoms with E-state index in [4.69, 9.17) is 11.6 Å². The zero-order chi connectivity index (χ0) is 12.4. The molecule has 0 bridgehead atoms. The van der Waals surface area contributed by atoms with Gasteiger partial charge in [-0.2, -0.15) is 0 Å². The Morgan fingerprint density at radius 2 is 2.24 bits per heavy atom. The van der Waals surface area contributed by atoms with Crippen molar-refractivity contribution >= 4 is 28.8 Å². The van der Waals surface area contributed by atoms with Crippen molar-refractivity contribution in [3.8, 4) is 0 Å². The Kier molecular flexibility index (Phi) is 3.48. The molecular weight excluding hydrogens is 241 g/mol. The van der Waals surface area contributed by atoms with Gasteiger partial charge < -0.3 is 4.57 Å². The SMILES string of the molecule is CCCCn1c(Cl)c(C=O)c2cccc(F)c21. The molecule has 0 N–H and O–H groups in total. The lowest BCUT2D eigenvalue weighted by molar-refractivity contribution is 0.112. The van der Waals surface area contributed by atoms with Crippen molar-refractivity contribution in [1.29, 1.82) is 0 Å². The number of benzene rings is 1. The zero-order valence-corrected chi connectivity index (χ0v) is 10.3. The van der Waals surface area contributed by atoms with Crippen LogP contribution < -0.4 is 0 Å². The number of rotatable bonds is 4. The number of halogens is 2. The van der Waals surface area contributed by atoms with Crippen LogP contribution in [0.3, 0.4) is 0 Å². The summed E-state index contributed by atoms with van der Waals surface area (Å²) in [7, 11) is 0. The second-order valence-corrected chi connectivity index (χ2v) is 4.32. The zero-order valence-electron chi connectivity index (χ0n) is 9.54. The van der Waals surface area contributed by atoms with E-state index >= 15 is 0 Å². The molecular formula is C13H13ClFNO. The monoisotopic (exact) mass is 253 g/mol. The van der Waals surface area contributed by atoms with Crippen LogP contribution in [0.2, 0.25) is 5.15 Å². The highest BCUT2D eigenvalue weighted by Crippen LogP contribution is 2.30. The fourth-order valence-electron chi connectivity index (χ4n) is 2.00. The van der Waals surface area contributed by atoms with Crippen LogP contribution in [0, 0.1) is 5.82 Å². The number of nitrogens with zero attached hydrogens (tertiary/aromatic N) is 1. The normalized spacial score (nSPS) is 11.0. The molecule has 0 unspecified atom stereocenters. The number of aldehydes is 1. The first-order valence-corrected chi connectivity index (χ1v) is 5.99. The van der Waals surface area contributed by atoms with Crippen LogP contribution in [0.5, 0.6) is 0 Å². The maximum Gasteiger partial charge on any atom is 0.153 e. The molecule has 4 heteroatoms. The van der Waals surface area contributed by atoms with E-state index in [-0.39, 0.29) is 5.82 Å². The summed E-state index contributed by atoms with van der Waals surface area (Å²) < 4.78 is 15.5. The van der Waals surface area contributed by atoms with Crippen LogP contribution in [0.1, 0.15) is 30.1 Å². The Hall–Kier alpha value is -1.35. The molecule has 90 valence electrons. The van der Waals surface area contributed by atoms with E-state index in [0.29, 0.717) is 34.5 Å². The van der Waals surface area contributed by atoms with Crippen LogP contribution in [0.25, 0.3) is 10.9 Å². The minimum absolute atomic E-state index is 0.327. The molecule has 2 nitrogen and oxygen atoms in total. The summed E-state index contributed by atoms with van der Waals surface area (Å²) in [4.78, 5) is 11.0. The quantitative estimate of drug-likeness (QED) is 0.754. The number of unbranched alkanes of at least 4 members (excludes halogenated alkanes) is 1. The van der Waals surface area contributed by atoms with Gasteiger partial charge in [0.25, 0.3) is 0 Å². The molecule has 0 amide bonds. The molecule has 1 heterocycles. The highest BCUT2D eigenvalue weighted by molar-refractivity contribution is 6.34. The van der Waals surface area contributed by atoms with E-state index in [1.165, 1.54) is 6.07 Å². The number of hydrogen-bond acceptors (Lipinski definition) is 1. The van der Waals surface area contributed by atoms with Crippen molar-refractivity contribution in [3.05, 3.63) is 34.7 Å². The summed E-state index contributed by atoms with van der Waals surface area (Å²) in [5.41, 5.74) is 0.797. The van der Waals surface area contributed by atoms with Crippen molar-refractivity contribution in [2.24, 2.45) is 0 Å². The maximum absolute atomic E-state index is 13.8. The van der Waals surface area contributed by atoms with Gasteiger partial charge in [0.15, 0.2) is 6.29 Å². The lowest BCUT2D eigenvalue weighted by Gasteiger charge is -2.06. The van der Waals surface area contributed by atoms with Gasteiger partial charge in [-0.3, -0.25) is 4.79 Å². The van der Waals surface area contributed by atoms with Gasteiger partial charge in [-0.25, -0.2) is 4.39 Å². The second kappa shape index (κ2) is 4.88. The van der Waals surface area contributed by atoms with Gasteiger partial charge in [-0.15, -0.1) is 0 Å². The molecule has 1 aromatic heterocycles. The first kappa shape index (κ1) is 12.1. The van der Waals surface area contributed by atoms with Crippen LogP contribution in [-0.4, -0.2) is 10.9 Å². The second-order valence-electron chi connectivity index (χ2n) is 3.96. The van der Waals surface area contributed by atoms with Crippen LogP contribution in [-0.2, 0) is 6.54 Å². The molecule has 0 radical (unpaired) electrons. The summed E-state index contributed by atoms with van der Waals surface area (Å²) in [6.07, 6.45) is 2.57. The fraction of sp³-hybridized carbons (Fsp3) is 0.308. The molecule has 17 heavy (non-hydrogen) atoms. The molecule has 0 atom stereocenters. The number of aryl methyl sites for hydroxylation is 1. The summed E-state index contributed by atoms with van der Waals surface area (Å²) in [5.74, 6) is -0.339. The first-order chi connectivity index (χ1) is 8.20. The minimum atomic E-state index is -0.339. The van der Waals surface area contributed by atoms with E-state index in [0.717, 1.165) is 12.8 Å². The third-order valence-corrected chi connectivity index (χ3v) is 3.27. The van der Waals surface area contributed by atoms with Gasteiger partial charge in [0.2, 0.25) is 0 Å². The first-order valence-electron chi connectivity index (χ1n) is 5.62. The standard InChI is InChI=1S/C13H13ClFNO/c1-2-3-7-16-12-9(5-4-6-11(12)15)10(8-17)13(16)14/h4-6,8H,2-3,7H2,1H3. The van der Waals surface area contributed by atoms with Crippen molar-refractivity contribution in [1.82, 2.24) is 4.57 Å². The molecule has 0 saturated heterocycles. The average molecular weight is 254 g/mol. The Bertz CT molecular complexity index is 562. The highest BCUT2D eigenvalue weighted by atomic mass is 35.5. The number of para-hydroxylation sites is 1. The van der Waals surface area contributed by atoms with Crippen LogP contribution in [0.15, 0.2) is 18.2 Å². The van der Waals surface area contributed by atoms with Gasteiger partial charge in [0, 0.05) is 11.9 Å². The third kappa shape index (κ3) is 1.95. The molecule has 0 spiro atoms. The van der Waals surface area contributed by atoms with Gasteiger partial charge in [0.1, 0.15) is 11.0 Å². The summed E-state index contributed by atoms with van der Waals surface area (Å²) in [6.45, 7) is 2.68. The van der Waals surface area contributed by atoms with Gasteiger partial charge in [-0.05, 0) is 12.5 Å². The molecule has 2 aromatic rings. The molecule has 1 aromatic carbocycles. The van der Waals surface area contributed by atoms with E-state index in [1.54, 1.807) is 16.7 Å². The average Bonchev–Trinajstić information content (AvgIpc) is 2.60. The van der Waals surface area contributed by atoms with Crippen LogP contribution in [0.4, 0.5) is 4.39 Å². The number of hydrogen-bond donors (Lipinski definition) is 0. The van der Waals surface area contributed by atoms with Crippen molar-refractivity contribution in [3.63, 3.8) is 0 Å². The van der Waals surface area contributed by atoms with E-state index < -0.39 is 0 Å². The maximum atomic E-state index is 13.8. The predicted molar refractivity (Wildman–Crippen MR) is 67.2 cm³/mol. The van der Waals surface area contributed by atoms with E-state index in [2.05, 4.69) is 6.92 Å². The van der Waals surface area contributed by atoms with Crippen molar-refractivity contribution in [2.75, 3.05) is 0 Å². The molecule has 2 rings (SSSR count). The third-order valence-electron chi connectivity index (χ3n) is 2.86. The van der Waals surface area contributed by atoms with Crippen molar-refractivity contribution in [2.45, 2.75) is 26.3 Å². The van der Waals surface area contributed by atoms with E-state index in [9.17, 15) is 9.18 Å². The largest absolute Gasteiger partial charge is 0.329 e. The molecule has 0 aliphatic carbocycles. The Morgan fingerprint density at radius 3 is 2.88 bits per heavy atom. The molecule has 0 saturated carbocycles. The smallest absolute Gasteiger partial charge is 0.153 e. The summed E-state index contributed by atoms with van der Waals surface area (Å²) in [6, 6.07) is 4.69. The Morgan fingerprint density at radius 1 is 1.47 bits per heavy atom. The number of carbonyl (C=O) groups is 1. The Labute approximate surface area is 104 Å². The van der Waals surface area contributed by atoms with Crippen LogP contribution >= 0.6 is 11.6 Å². The molecule has 0 aliphatic rings. The lowest BCUT2D eigenvalue weighted by Crippen LogP contribution is -1.99. The number of aromatic nitrogens is 1. The number of carbonyl (C=O) groups excluding carboxylic acids is 1. The highest BCUT2D eigenvalue weighted by Gasteiger charge is 2.17. The summed E-state index contributed by atoms with van der Waals surface area (Å²) in [5, 5.41) is 0.912. The van der Waals surface area contributed by atoms with Gasteiger partial charge in [0.05, 0.1) is 11.1 Å². The minimum Gasteiger partial charge on any atom is -0.329 e. The van der Waals surface area contributed by atoms with E-state index in [1.807, 2.05) is 0 Å². The predicted octanol–water partition coefficient (Wildman–Crippen LogP) is 4.05. The molecule has 0 aliphatic heterocycles. The fourth-order valence-corrected chi connectivity index (χ4v) is 2.32. The van der Waals surface area contributed by atoms with Crippen molar-refractivity contribution < 1.29 is 9.18 Å². The summed E-state index contributed by atoms with van der Waals surface area (Å²) >= 11 is 6.13.